The summed E-state index contributed by atoms with van der Waals surface area (Å²) in [7, 11) is 8.72. The predicted molar refractivity (Wildman–Crippen MR) is 25.6 cm³/mol. The van der Waals surface area contributed by atoms with E-state index in [1.807, 2.05) is 0 Å². The van der Waals surface area contributed by atoms with Crippen molar-refractivity contribution in [1.29, 1.82) is 0 Å². The van der Waals surface area contributed by atoms with Gasteiger partial charge in [-0.15, -0.1) is 0 Å². The molecule has 0 aliphatic carbocycles. The van der Waals surface area contributed by atoms with Crippen molar-refractivity contribution in [3.05, 3.63) is 0 Å². The molecule has 0 aromatic carbocycles. The van der Waals surface area contributed by atoms with Gasteiger partial charge in [0.2, 0.25) is 0 Å². The first-order valence-corrected chi connectivity index (χ1v) is 7.58. The van der Waals surface area contributed by atoms with Gasteiger partial charge in [-0.2, -0.15) is 13.5 Å². The van der Waals surface area contributed by atoms with Gasteiger partial charge in [0.15, 0.2) is 0 Å². The summed E-state index contributed by atoms with van der Waals surface area (Å²) in [4.78, 5) is 0. The topological polar surface area (TPSA) is 0 Å². The molecule has 0 aliphatic rings. The van der Waals surface area contributed by atoms with Gasteiger partial charge >= 0.3 is 34.3 Å². The van der Waals surface area contributed by atoms with Crippen LogP contribution in [0.5, 0.6) is 0 Å². The van der Waals surface area contributed by atoms with Crippen LogP contribution in [0, 0.1) is 0 Å². The zero-order valence-corrected chi connectivity index (χ0v) is 7.04. The van der Waals surface area contributed by atoms with Gasteiger partial charge in [0.1, 0.15) is 0 Å². The summed E-state index contributed by atoms with van der Waals surface area (Å²) in [5.41, 5.74) is 0. The van der Waals surface area contributed by atoms with E-state index >= 15 is 0 Å². The summed E-state index contributed by atoms with van der Waals surface area (Å²) in [5.74, 6) is 0. The number of hydrogen-bond acceptors (Lipinski definition) is 2. The van der Waals surface area contributed by atoms with Crippen LogP contribution in [-0.2, 0) is 14.4 Å². The zero-order valence-electron chi connectivity index (χ0n) is 1.69. The molecule has 0 radical (unpaired) electrons. The Kier molecular flexibility index (Phi) is 20.0. The van der Waals surface area contributed by atoms with Crippen LogP contribution in [0.4, 0.5) is 0 Å². The Labute approximate surface area is 47.6 Å². The molecule has 0 N–H and O–H groups in total. The molecule has 0 bridgehead atoms. The van der Waals surface area contributed by atoms with Crippen LogP contribution in [0.1, 0.15) is 0 Å². The summed E-state index contributed by atoms with van der Waals surface area (Å²) in [5, 5.41) is 0. The van der Waals surface area contributed by atoms with E-state index < -0.39 is 14.4 Å². The van der Waals surface area contributed by atoms with Crippen molar-refractivity contribution in [2.75, 3.05) is 0 Å². The maximum atomic E-state index is 4.36. The van der Waals surface area contributed by atoms with E-state index in [-0.39, 0.29) is 13.5 Å². The van der Waals surface area contributed by atoms with Gasteiger partial charge in [-0.25, -0.2) is 0 Å². The average molecular weight is 284 g/mol. The molecular formula is H2ReS3. The van der Waals surface area contributed by atoms with Crippen LogP contribution < -0.4 is 0 Å². The van der Waals surface area contributed by atoms with Crippen molar-refractivity contribution in [1.82, 2.24) is 0 Å². The van der Waals surface area contributed by atoms with Crippen LogP contribution in [0.3, 0.4) is 0 Å². The minimum atomic E-state index is -0.500. The summed E-state index contributed by atoms with van der Waals surface area (Å²) in [6.07, 6.45) is 0. The molecule has 0 rings (SSSR count). The Bertz CT molecular complexity index is 24.3. The van der Waals surface area contributed by atoms with E-state index in [2.05, 4.69) is 19.9 Å². The van der Waals surface area contributed by atoms with Crippen molar-refractivity contribution in [2.45, 2.75) is 0 Å². The summed E-state index contributed by atoms with van der Waals surface area (Å²) in [6.45, 7) is 0. The Morgan fingerprint density at radius 1 is 1.25 bits per heavy atom. The zero-order chi connectivity index (χ0) is 2.71. The fourth-order valence-corrected chi connectivity index (χ4v) is 0. The fourth-order valence-electron chi connectivity index (χ4n) is 0. The molecule has 0 amide bonds. The predicted octanol–water partition coefficient (Wildman–Crippen LogP) is 1.41. The molecular weight excluding hydrogens is 282 g/mol. The Balaban J connectivity index is 0. The molecule has 0 nitrogen and oxygen atoms in total. The molecule has 0 aromatic rings. The monoisotopic (exact) mass is 285 g/mol. The molecule has 0 heterocycles. The van der Waals surface area contributed by atoms with E-state index in [0.29, 0.717) is 0 Å². The van der Waals surface area contributed by atoms with Crippen molar-refractivity contribution in [3.8, 4) is 0 Å². The van der Waals surface area contributed by atoms with Crippen molar-refractivity contribution < 1.29 is 14.4 Å². The van der Waals surface area contributed by atoms with Gasteiger partial charge in [-0.3, -0.25) is 0 Å². The standard InChI is InChI=1S/Re.H2S.2S/h;1H2;;. The van der Waals surface area contributed by atoms with Gasteiger partial charge in [0, 0.05) is 0 Å². The second-order valence-electron chi connectivity index (χ2n) is 0.0630. The number of rotatable bonds is 0. The van der Waals surface area contributed by atoms with Crippen molar-refractivity contribution in [3.63, 3.8) is 0 Å². The second-order valence-corrected chi connectivity index (χ2v) is 4.64. The molecule has 0 unspecified atom stereocenters. The van der Waals surface area contributed by atoms with E-state index in [0.717, 1.165) is 0 Å². The van der Waals surface area contributed by atoms with E-state index in [1.54, 1.807) is 0 Å². The van der Waals surface area contributed by atoms with Gasteiger partial charge in [0.25, 0.3) is 0 Å². The first-order valence-electron chi connectivity index (χ1n) is 0.309. The molecule has 0 saturated heterocycles. The summed E-state index contributed by atoms with van der Waals surface area (Å²) < 4.78 is 0. The molecule has 0 fully saturated rings. The van der Waals surface area contributed by atoms with E-state index in [4.69, 9.17) is 0 Å². The van der Waals surface area contributed by atoms with Gasteiger partial charge in [-0.05, 0) is 0 Å². The molecule has 4 heteroatoms. The second kappa shape index (κ2) is 8.82. The average Bonchev–Trinajstić information content (AvgIpc) is 0.918. The van der Waals surface area contributed by atoms with Gasteiger partial charge in [-0.1, -0.05) is 0 Å². The third-order valence-corrected chi connectivity index (χ3v) is 0. The van der Waals surface area contributed by atoms with Gasteiger partial charge < -0.3 is 0 Å². The summed E-state index contributed by atoms with van der Waals surface area (Å²) in [6, 6.07) is 0. The first kappa shape index (κ1) is 9.07. The van der Waals surface area contributed by atoms with Crippen LogP contribution in [0.25, 0.3) is 0 Å². The maximum absolute atomic E-state index is 4.36. The third-order valence-electron chi connectivity index (χ3n) is 0. The SMILES string of the molecule is S.[S]=[Re]=[S]. The van der Waals surface area contributed by atoms with Crippen molar-refractivity contribution in [2.24, 2.45) is 0 Å². The fraction of sp³-hybridized carbons (Fsp3) is 0. The Morgan fingerprint density at radius 2 is 1.25 bits per heavy atom. The number of hydrogen-bond donors (Lipinski definition) is 0. The Morgan fingerprint density at radius 3 is 1.25 bits per heavy atom. The molecule has 0 atom stereocenters. The molecule has 4 heavy (non-hydrogen) atoms. The third kappa shape index (κ3) is 9.84. The van der Waals surface area contributed by atoms with E-state index in [9.17, 15) is 0 Å². The molecule has 0 saturated carbocycles. The van der Waals surface area contributed by atoms with Crippen molar-refractivity contribution >= 4 is 33.4 Å². The first-order chi connectivity index (χ1) is 1.41. The van der Waals surface area contributed by atoms with E-state index in [1.165, 1.54) is 0 Å². The summed E-state index contributed by atoms with van der Waals surface area (Å²) >= 11 is -0.500. The van der Waals surface area contributed by atoms with Crippen LogP contribution in [-0.4, -0.2) is 0 Å². The van der Waals surface area contributed by atoms with Crippen LogP contribution >= 0.6 is 33.4 Å². The van der Waals surface area contributed by atoms with Gasteiger partial charge in [0.05, 0.1) is 0 Å². The molecule has 0 spiro atoms. The van der Waals surface area contributed by atoms with Crippen LogP contribution in [0.15, 0.2) is 0 Å². The minimum absolute atomic E-state index is 0. The molecule has 0 aliphatic heterocycles. The normalized spacial score (nSPS) is 3.00. The Hall–Kier alpha value is 1.45. The molecule has 27 valence electrons. The molecule has 0 aromatic heterocycles. The quantitative estimate of drug-likeness (QED) is 0.660. The van der Waals surface area contributed by atoms with Crippen LogP contribution in [0.2, 0.25) is 0 Å².